The molecule has 1 atom stereocenters. The predicted molar refractivity (Wildman–Crippen MR) is 115 cm³/mol. The molecule has 0 spiro atoms. The summed E-state index contributed by atoms with van der Waals surface area (Å²) in [7, 11) is -3.11. The highest BCUT2D eigenvalue weighted by atomic mass is 32.2. The first-order valence-corrected chi connectivity index (χ1v) is 12.5. The lowest BCUT2D eigenvalue weighted by molar-refractivity contribution is -0.121. The summed E-state index contributed by atoms with van der Waals surface area (Å²) in [6, 6.07) is 9.85. The van der Waals surface area contributed by atoms with Crippen molar-refractivity contribution in [3.63, 3.8) is 0 Å². The minimum Gasteiger partial charge on any atom is -0.493 e. The maximum atomic E-state index is 12.8. The summed E-state index contributed by atoms with van der Waals surface area (Å²) in [6.07, 6.45) is 1.11. The Morgan fingerprint density at radius 2 is 1.52 bits per heavy atom. The molecule has 0 bridgehead atoms. The maximum absolute atomic E-state index is 12.8. The first kappa shape index (κ1) is 24.6. The van der Waals surface area contributed by atoms with Crippen LogP contribution in [0.4, 0.5) is 0 Å². The minimum atomic E-state index is -3.94. The van der Waals surface area contributed by atoms with Gasteiger partial charge in [0.05, 0.1) is 36.6 Å². The zero-order valence-electron chi connectivity index (χ0n) is 17.9. The number of carbonyl (C=O) groups is 1. The summed E-state index contributed by atoms with van der Waals surface area (Å²) in [5.74, 6) is 0.136. The van der Waals surface area contributed by atoms with Gasteiger partial charge in [-0.2, -0.15) is 4.31 Å². The number of carbonyl (C=O) groups excluding carboxylic acids is 1. The molecule has 2 rings (SSSR count). The Morgan fingerprint density at radius 3 is 2.03 bits per heavy atom. The summed E-state index contributed by atoms with van der Waals surface area (Å²) >= 11 is 0. The van der Waals surface area contributed by atoms with Crippen molar-refractivity contribution in [3.8, 4) is 11.5 Å². The van der Waals surface area contributed by atoms with Crippen LogP contribution in [0.25, 0.3) is 0 Å². The van der Waals surface area contributed by atoms with E-state index in [0.29, 0.717) is 11.3 Å². The number of sulfonamides is 1. The number of sulfone groups is 1. The van der Waals surface area contributed by atoms with E-state index in [9.17, 15) is 21.6 Å². The fourth-order valence-electron chi connectivity index (χ4n) is 2.82. The second kappa shape index (κ2) is 9.67. The highest BCUT2D eigenvalue weighted by Crippen LogP contribution is 2.30. The van der Waals surface area contributed by atoms with E-state index in [1.807, 2.05) is 0 Å². The molecule has 0 saturated carbocycles. The molecule has 11 heteroatoms. The molecular formula is C20H26N2O7S2. The van der Waals surface area contributed by atoms with Gasteiger partial charge in [0.2, 0.25) is 15.9 Å². The number of nitrogens with one attached hydrogen (secondary N) is 1. The Morgan fingerprint density at radius 1 is 0.968 bits per heavy atom. The van der Waals surface area contributed by atoms with Crippen molar-refractivity contribution in [1.82, 2.24) is 9.62 Å². The average molecular weight is 471 g/mol. The molecule has 0 saturated heterocycles. The fourth-order valence-corrected chi connectivity index (χ4v) is 4.59. The number of ether oxygens (including phenoxy) is 2. The number of benzene rings is 2. The molecule has 31 heavy (non-hydrogen) atoms. The molecule has 2 aromatic carbocycles. The van der Waals surface area contributed by atoms with Gasteiger partial charge >= 0.3 is 0 Å². The lowest BCUT2D eigenvalue weighted by Gasteiger charge is -2.20. The van der Waals surface area contributed by atoms with E-state index in [4.69, 9.17) is 9.47 Å². The molecule has 0 aliphatic heterocycles. The van der Waals surface area contributed by atoms with Gasteiger partial charge in [0, 0.05) is 19.4 Å². The van der Waals surface area contributed by atoms with E-state index in [0.717, 1.165) is 10.6 Å². The van der Waals surface area contributed by atoms with Crippen LogP contribution in [0, 0.1) is 0 Å². The molecule has 0 heterocycles. The SMILES string of the molecule is COc1ccc(S(=O)(=O)N(C)CC(=O)N[C@H](C)c2ccc(S(C)(=O)=O)cc2)cc1OC. The normalized spacial score (nSPS) is 13.0. The number of nitrogens with zero attached hydrogens (tertiary/aromatic N) is 1. The number of hydrogen-bond acceptors (Lipinski definition) is 7. The first-order chi connectivity index (χ1) is 14.4. The van der Waals surface area contributed by atoms with Gasteiger partial charge in [-0.15, -0.1) is 0 Å². The number of methoxy groups -OCH3 is 2. The van der Waals surface area contributed by atoms with Gasteiger partial charge in [-0.05, 0) is 36.8 Å². The third-order valence-corrected chi connectivity index (χ3v) is 7.54. The number of amides is 1. The van der Waals surface area contributed by atoms with Crippen molar-refractivity contribution < 1.29 is 31.1 Å². The molecule has 0 unspecified atom stereocenters. The third-order valence-electron chi connectivity index (χ3n) is 4.62. The molecule has 9 nitrogen and oxygen atoms in total. The molecule has 1 N–H and O–H groups in total. The Balaban J connectivity index is 2.09. The monoisotopic (exact) mass is 470 g/mol. The predicted octanol–water partition coefficient (Wildman–Crippen LogP) is 1.61. The lowest BCUT2D eigenvalue weighted by Crippen LogP contribution is -2.39. The number of rotatable bonds is 9. The van der Waals surface area contributed by atoms with Crippen LogP contribution in [0.3, 0.4) is 0 Å². The molecular weight excluding hydrogens is 444 g/mol. The quantitative estimate of drug-likeness (QED) is 0.591. The van der Waals surface area contributed by atoms with Gasteiger partial charge in [-0.1, -0.05) is 12.1 Å². The summed E-state index contributed by atoms with van der Waals surface area (Å²) in [6.45, 7) is 1.32. The Bertz CT molecular complexity index is 1140. The van der Waals surface area contributed by atoms with Crippen LogP contribution in [0.15, 0.2) is 52.3 Å². The Hall–Kier alpha value is -2.63. The summed E-state index contributed by atoms with van der Waals surface area (Å²) in [4.78, 5) is 12.5. The van der Waals surface area contributed by atoms with Gasteiger partial charge in [-0.25, -0.2) is 16.8 Å². The average Bonchev–Trinajstić information content (AvgIpc) is 2.72. The molecule has 0 radical (unpaired) electrons. The van der Waals surface area contributed by atoms with Gasteiger partial charge in [0.1, 0.15) is 0 Å². The van der Waals surface area contributed by atoms with Crippen LogP contribution in [0.2, 0.25) is 0 Å². The van der Waals surface area contributed by atoms with Crippen molar-refractivity contribution in [3.05, 3.63) is 48.0 Å². The summed E-state index contributed by atoms with van der Waals surface area (Å²) in [5, 5.41) is 2.71. The topological polar surface area (TPSA) is 119 Å². The summed E-state index contributed by atoms with van der Waals surface area (Å²) < 4.78 is 59.9. The van der Waals surface area contributed by atoms with Crippen molar-refractivity contribution in [2.24, 2.45) is 0 Å². The van der Waals surface area contributed by atoms with Crippen LogP contribution >= 0.6 is 0 Å². The van der Waals surface area contributed by atoms with E-state index < -0.39 is 38.4 Å². The number of hydrogen-bond donors (Lipinski definition) is 1. The highest BCUT2D eigenvalue weighted by Gasteiger charge is 2.25. The van der Waals surface area contributed by atoms with E-state index in [1.54, 1.807) is 19.1 Å². The Labute approximate surface area is 182 Å². The van der Waals surface area contributed by atoms with Crippen LogP contribution in [-0.4, -0.2) is 61.1 Å². The largest absolute Gasteiger partial charge is 0.493 e. The smallest absolute Gasteiger partial charge is 0.243 e. The first-order valence-electron chi connectivity index (χ1n) is 9.18. The van der Waals surface area contributed by atoms with Crippen molar-refractivity contribution in [2.45, 2.75) is 22.8 Å². The fraction of sp³-hybridized carbons (Fsp3) is 0.350. The van der Waals surface area contributed by atoms with Gasteiger partial charge in [0.25, 0.3) is 0 Å². The van der Waals surface area contributed by atoms with Gasteiger partial charge < -0.3 is 14.8 Å². The van der Waals surface area contributed by atoms with E-state index in [-0.39, 0.29) is 15.5 Å². The Kier molecular flexibility index (Phi) is 7.68. The van der Waals surface area contributed by atoms with Crippen molar-refractivity contribution >= 4 is 25.8 Å². The standard InChI is InChI=1S/C20H26N2O7S2/c1-14(15-6-8-16(9-7-15)30(5,24)25)21-20(23)13-22(2)31(26,27)17-10-11-18(28-3)19(12-17)29-4/h6-12,14H,13H2,1-5H3,(H,21,23)/t14-/m1/s1. The lowest BCUT2D eigenvalue weighted by atomic mass is 10.1. The van der Waals surface area contributed by atoms with Crippen LogP contribution in [-0.2, 0) is 24.7 Å². The number of likely N-dealkylation sites (N-methyl/N-ethyl adjacent to an activating group) is 1. The van der Waals surface area contributed by atoms with Crippen LogP contribution < -0.4 is 14.8 Å². The zero-order valence-corrected chi connectivity index (χ0v) is 19.6. The molecule has 0 aliphatic carbocycles. The molecule has 0 fully saturated rings. The molecule has 0 aromatic heterocycles. The third kappa shape index (κ3) is 5.96. The van der Waals surface area contributed by atoms with Crippen molar-refractivity contribution in [1.29, 1.82) is 0 Å². The van der Waals surface area contributed by atoms with Crippen LogP contribution in [0.1, 0.15) is 18.5 Å². The van der Waals surface area contributed by atoms with Gasteiger partial charge in [0.15, 0.2) is 21.3 Å². The second-order valence-corrected chi connectivity index (χ2v) is 11.0. The minimum absolute atomic E-state index is 0.0372. The van der Waals surface area contributed by atoms with Crippen molar-refractivity contribution in [2.75, 3.05) is 34.1 Å². The zero-order chi connectivity index (χ0) is 23.4. The molecule has 0 aliphatic rings. The van der Waals surface area contributed by atoms with E-state index in [2.05, 4.69) is 5.32 Å². The highest BCUT2D eigenvalue weighted by molar-refractivity contribution is 7.90. The maximum Gasteiger partial charge on any atom is 0.243 e. The van der Waals surface area contributed by atoms with Crippen LogP contribution in [0.5, 0.6) is 11.5 Å². The second-order valence-electron chi connectivity index (χ2n) is 6.91. The van der Waals surface area contributed by atoms with E-state index in [1.165, 1.54) is 51.6 Å². The van der Waals surface area contributed by atoms with Gasteiger partial charge in [-0.3, -0.25) is 4.79 Å². The molecule has 1 amide bonds. The van der Waals surface area contributed by atoms with E-state index >= 15 is 0 Å². The molecule has 2 aromatic rings. The molecule has 170 valence electrons. The summed E-state index contributed by atoms with van der Waals surface area (Å²) in [5.41, 5.74) is 0.686.